The van der Waals surface area contributed by atoms with E-state index in [0.717, 1.165) is 0 Å². The van der Waals surface area contributed by atoms with E-state index in [0.29, 0.717) is 6.61 Å². The molecule has 0 aliphatic heterocycles. The van der Waals surface area contributed by atoms with Crippen LogP contribution in [0.4, 0.5) is 8.78 Å². The molecule has 4 heteroatoms. The number of ether oxygens (including phenoxy) is 1. The summed E-state index contributed by atoms with van der Waals surface area (Å²) >= 11 is 2.99. The van der Waals surface area contributed by atoms with E-state index < -0.39 is 11.6 Å². The topological polar surface area (TPSA) is 9.23 Å². The molecule has 0 aromatic heterocycles. The predicted molar refractivity (Wildman–Crippen MR) is 58.5 cm³/mol. The van der Waals surface area contributed by atoms with Gasteiger partial charge in [0.15, 0.2) is 0 Å². The van der Waals surface area contributed by atoms with Crippen LogP contribution in [0.15, 0.2) is 28.8 Å². The van der Waals surface area contributed by atoms with Crippen molar-refractivity contribution in [3.63, 3.8) is 0 Å². The van der Waals surface area contributed by atoms with Gasteiger partial charge < -0.3 is 4.74 Å². The fraction of sp³-hybridized carbons (Fsp3) is 0.273. The van der Waals surface area contributed by atoms with Gasteiger partial charge in [-0.05, 0) is 35.0 Å². The van der Waals surface area contributed by atoms with Gasteiger partial charge in [-0.1, -0.05) is 12.2 Å². The highest BCUT2D eigenvalue weighted by Crippen LogP contribution is 2.22. The molecule has 0 unspecified atom stereocenters. The van der Waals surface area contributed by atoms with E-state index in [9.17, 15) is 8.78 Å². The Morgan fingerprint density at radius 2 is 2.13 bits per heavy atom. The van der Waals surface area contributed by atoms with Crippen LogP contribution in [-0.4, -0.2) is 6.61 Å². The van der Waals surface area contributed by atoms with Crippen LogP contribution in [0.1, 0.15) is 12.5 Å². The van der Waals surface area contributed by atoms with Crippen molar-refractivity contribution >= 4 is 15.9 Å². The molecule has 0 saturated heterocycles. The predicted octanol–water partition coefficient (Wildman–Crippen LogP) is 3.82. The molecule has 0 amide bonds. The molecule has 0 saturated carbocycles. The van der Waals surface area contributed by atoms with Gasteiger partial charge in [0.2, 0.25) is 0 Å². The normalized spacial score (nSPS) is 11.2. The van der Waals surface area contributed by atoms with Gasteiger partial charge >= 0.3 is 0 Å². The molecule has 1 aromatic rings. The number of halogens is 3. The number of benzene rings is 1. The minimum atomic E-state index is -0.601. The molecule has 82 valence electrons. The van der Waals surface area contributed by atoms with Crippen molar-refractivity contribution in [2.45, 2.75) is 13.5 Å². The molecule has 0 heterocycles. The molecule has 1 rings (SSSR count). The molecule has 1 nitrogen and oxygen atoms in total. The second kappa shape index (κ2) is 5.98. The van der Waals surface area contributed by atoms with Gasteiger partial charge in [-0.15, -0.1) is 0 Å². The second-order valence-electron chi connectivity index (χ2n) is 2.91. The molecule has 0 radical (unpaired) electrons. The van der Waals surface area contributed by atoms with E-state index in [1.165, 1.54) is 12.1 Å². The maximum Gasteiger partial charge on any atom is 0.145 e. The van der Waals surface area contributed by atoms with Gasteiger partial charge in [0.25, 0.3) is 0 Å². The molecule has 0 aliphatic rings. The zero-order valence-electron chi connectivity index (χ0n) is 8.27. The Morgan fingerprint density at radius 1 is 1.40 bits per heavy atom. The summed E-state index contributed by atoms with van der Waals surface area (Å²) in [5.41, 5.74) is -0.0473. The SMILES string of the molecule is C/C=C/COCc1c(F)ccc(Br)c1F. The molecule has 0 atom stereocenters. The van der Waals surface area contributed by atoms with E-state index in [4.69, 9.17) is 4.74 Å². The Labute approximate surface area is 95.9 Å². The van der Waals surface area contributed by atoms with Crippen LogP contribution in [-0.2, 0) is 11.3 Å². The van der Waals surface area contributed by atoms with Crippen molar-refractivity contribution in [2.24, 2.45) is 0 Å². The summed E-state index contributed by atoms with van der Waals surface area (Å²) in [5, 5.41) is 0. The molecule has 0 bridgehead atoms. The minimum Gasteiger partial charge on any atom is -0.372 e. The first kappa shape index (κ1) is 12.3. The fourth-order valence-electron chi connectivity index (χ4n) is 1.03. The van der Waals surface area contributed by atoms with Crippen LogP contribution < -0.4 is 0 Å². The van der Waals surface area contributed by atoms with Gasteiger partial charge in [0, 0.05) is 0 Å². The highest BCUT2D eigenvalue weighted by molar-refractivity contribution is 9.10. The maximum absolute atomic E-state index is 13.4. The van der Waals surface area contributed by atoms with Crippen molar-refractivity contribution in [2.75, 3.05) is 6.61 Å². The number of rotatable bonds is 4. The first-order valence-corrected chi connectivity index (χ1v) is 5.27. The molecule has 0 aliphatic carbocycles. The lowest BCUT2D eigenvalue weighted by Crippen LogP contribution is -2.00. The quantitative estimate of drug-likeness (QED) is 0.462. The molecule has 1 aromatic carbocycles. The lowest BCUT2D eigenvalue weighted by Gasteiger charge is -2.06. The van der Waals surface area contributed by atoms with E-state index in [2.05, 4.69) is 15.9 Å². The van der Waals surface area contributed by atoms with Crippen molar-refractivity contribution in [3.05, 3.63) is 46.0 Å². The first-order valence-electron chi connectivity index (χ1n) is 4.48. The Balaban J connectivity index is 2.71. The van der Waals surface area contributed by atoms with Gasteiger partial charge in [-0.3, -0.25) is 0 Å². The van der Waals surface area contributed by atoms with Crippen LogP contribution in [0, 0.1) is 11.6 Å². The van der Waals surface area contributed by atoms with Crippen molar-refractivity contribution in [3.8, 4) is 0 Å². The van der Waals surface area contributed by atoms with E-state index >= 15 is 0 Å². The second-order valence-corrected chi connectivity index (χ2v) is 3.76. The summed E-state index contributed by atoms with van der Waals surface area (Å²) in [6, 6.07) is 2.54. The number of hydrogen-bond acceptors (Lipinski definition) is 1. The molecule has 0 spiro atoms. The molecule has 15 heavy (non-hydrogen) atoms. The van der Waals surface area contributed by atoms with E-state index in [1.54, 1.807) is 6.08 Å². The highest BCUT2D eigenvalue weighted by Gasteiger charge is 2.11. The van der Waals surface area contributed by atoms with Crippen molar-refractivity contribution in [1.29, 1.82) is 0 Å². The van der Waals surface area contributed by atoms with Crippen LogP contribution in [0.3, 0.4) is 0 Å². The lowest BCUT2D eigenvalue weighted by atomic mass is 10.2. The summed E-state index contributed by atoms with van der Waals surface area (Å²) < 4.78 is 31.9. The van der Waals surface area contributed by atoms with Gasteiger partial charge in [-0.25, -0.2) is 8.78 Å². The van der Waals surface area contributed by atoms with Crippen LogP contribution in [0.2, 0.25) is 0 Å². The average molecular weight is 277 g/mol. The van der Waals surface area contributed by atoms with Gasteiger partial charge in [-0.2, -0.15) is 0 Å². The van der Waals surface area contributed by atoms with Crippen LogP contribution in [0.25, 0.3) is 0 Å². The monoisotopic (exact) mass is 276 g/mol. The average Bonchev–Trinajstić information content (AvgIpc) is 2.23. The summed E-state index contributed by atoms with van der Waals surface area (Å²) in [6.45, 7) is 2.13. The molecule has 0 N–H and O–H groups in total. The molecular weight excluding hydrogens is 266 g/mol. The summed E-state index contributed by atoms with van der Waals surface area (Å²) in [5.74, 6) is -1.19. The third-order valence-corrected chi connectivity index (χ3v) is 2.45. The highest BCUT2D eigenvalue weighted by atomic mass is 79.9. The number of allylic oxidation sites excluding steroid dienone is 1. The minimum absolute atomic E-state index is 0.0473. The fourth-order valence-corrected chi connectivity index (χ4v) is 1.40. The Morgan fingerprint density at radius 3 is 2.80 bits per heavy atom. The summed E-state index contributed by atoms with van der Waals surface area (Å²) in [7, 11) is 0. The third kappa shape index (κ3) is 3.39. The van der Waals surface area contributed by atoms with Crippen molar-refractivity contribution < 1.29 is 13.5 Å². The molecular formula is C11H11BrF2O. The largest absolute Gasteiger partial charge is 0.372 e. The Kier molecular flexibility index (Phi) is 4.91. The van der Waals surface area contributed by atoms with Crippen LogP contribution >= 0.6 is 15.9 Å². The van der Waals surface area contributed by atoms with Gasteiger partial charge in [0.1, 0.15) is 11.6 Å². The Bertz CT molecular complexity index is 364. The third-order valence-electron chi connectivity index (χ3n) is 1.84. The van der Waals surface area contributed by atoms with Crippen LogP contribution in [0.5, 0.6) is 0 Å². The smallest absolute Gasteiger partial charge is 0.145 e. The Hall–Kier alpha value is -0.740. The summed E-state index contributed by atoms with van der Waals surface area (Å²) in [6.07, 6.45) is 3.58. The van der Waals surface area contributed by atoms with E-state index in [1.807, 2.05) is 13.0 Å². The maximum atomic E-state index is 13.4. The van der Waals surface area contributed by atoms with Crippen molar-refractivity contribution in [1.82, 2.24) is 0 Å². The van der Waals surface area contributed by atoms with Gasteiger partial charge in [0.05, 0.1) is 23.2 Å². The molecule has 0 fully saturated rings. The number of hydrogen-bond donors (Lipinski definition) is 0. The zero-order valence-corrected chi connectivity index (χ0v) is 9.85. The standard InChI is InChI=1S/C11H11BrF2O/c1-2-3-6-15-7-8-10(13)5-4-9(12)11(8)14/h2-5H,6-7H2,1H3/b3-2+. The first-order chi connectivity index (χ1) is 7.16. The van der Waals surface area contributed by atoms with E-state index in [-0.39, 0.29) is 16.6 Å². The lowest BCUT2D eigenvalue weighted by molar-refractivity contribution is 0.142. The zero-order chi connectivity index (χ0) is 11.3. The summed E-state index contributed by atoms with van der Waals surface area (Å²) in [4.78, 5) is 0.